The van der Waals surface area contributed by atoms with Crippen molar-refractivity contribution in [2.75, 3.05) is 17.1 Å². The Morgan fingerprint density at radius 2 is 1.56 bits per heavy atom. The molecule has 0 aliphatic rings. The molecule has 9 heteroatoms. The van der Waals surface area contributed by atoms with Crippen LogP contribution >= 0.6 is 11.6 Å². The van der Waals surface area contributed by atoms with E-state index in [1.54, 1.807) is 36.4 Å². The predicted octanol–water partition coefficient (Wildman–Crippen LogP) is 4.97. The lowest BCUT2D eigenvalue weighted by Crippen LogP contribution is -2.56. The van der Waals surface area contributed by atoms with E-state index in [0.29, 0.717) is 10.7 Å². The average molecular weight is 570 g/mol. The van der Waals surface area contributed by atoms with Gasteiger partial charge in [-0.15, -0.1) is 0 Å². The van der Waals surface area contributed by atoms with Crippen molar-refractivity contribution in [3.05, 3.63) is 101 Å². The standard InChI is InChI=1S/C30H36ClN3O4S/c1-22-11-9-16-26(17-22)34(39(5,37)38)21-28(35)33(20-24-14-10-15-25(31)18-24)27(29(36)32-30(2,3)4)19-23-12-7-6-8-13-23/h6-18,27H,19-21H2,1-5H3,(H,32,36). The first-order valence-electron chi connectivity index (χ1n) is 12.7. The molecule has 0 aliphatic heterocycles. The smallest absolute Gasteiger partial charge is 0.244 e. The maximum atomic E-state index is 14.1. The zero-order valence-electron chi connectivity index (χ0n) is 23.0. The van der Waals surface area contributed by atoms with E-state index in [1.165, 1.54) is 4.90 Å². The summed E-state index contributed by atoms with van der Waals surface area (Å²) in [5.74, 6) is -0.838. The molecule has 0 bridgehead atoms. The Morgan fingerprint density at radius 1 is 0.923 bits per heavy atom. The van der Waals surface area contributed by atoms with Crippen LogP contribution in [0.2, 0.25) is 5.02 Å². The lowest BCUT2D eigenvalue weighted by Gasteiger charge is -2.35. The highest BCUT2D eigenvalue weighted by molar-refractivity contribution is 7.92. The van der Waals surface area contributed by atoms with E-state index >= 15 is 0 Å². The molecule has 0 aliphatic carbocycles. The van der Waals surface area contributed by atoms with Gasteiger partial charge >= 0.3 is 0 Å². The molecule has 0 aromatic heterocycles. The lowest BCUT2D eigenvalue weighted by molar-refractivity contribution is -0.140. The number of halogens is 1. The minimum atomic E-state index is -3.81. The Labute approximate surface area is 236 Å². The summed E-state index contributed by atoms with van der Waals surface area (Å²) in [5.41, 5.74) is 2.29. The summed E-state index contributed by atoms with van der Waals surface area (Å²) >= 11 is 6.24. The Morgan fingerprint density at radius 3 is 2.15 bits per heavy atom. The predicted molar refractivity (Wildman–Crippen MR) is 157 cm³/mol. The monoisotopic (exact) mass is 569 g/mol. The summed E-state index contributed by atoms with van der Waals surface area (Å²) < 4.78 is 26.8. The topological polar surface area (TPSA) is 86.8 Å². The molecule has 2 amide bonds. The summed E-state index contributed by atoms with van der Waals surface area (Å²) in [5, 5.41) is 3.50. The van der Waals surface area contributed by atoms with E-state index < -0.39 is 34.1 Å². The fourth-order valence-electron chi connectivity index (χ4n) is 4.24. The van der Waals surface area contributed by atoms with Gasteiger partial charge in [-0.25, -0.2) is 8.42 Å². The molecule has 3 rings (SSSR count). The normalized spacial score (nSPS) is 12.5. The first-order valence-corrected chi connectivity index (χ1v) is 14.9. The second-order valence-electron chi connectivity index (χ2n) is 10.7. The van der Waals surface area contributed by atoms with Crippen LogP contribution in [-0.2, 0) is 32.6 Å². The maximum Gasteiger partial charge on any atom is 0.244 e. The minimum absolute atomic E-state index is 0.0693. The summed E-state index contributed by atoms with van der Waals surface area (Å²) in [6, 6.07) is 22.5. The molecule has 0 radical (unpaired) electrons. The van der Waals surface area contributed by atoms with Crippen molar-refractivity contribution in [1.82, 2.24) is 10.2 Å². The van der Waals surface area contributed by atoms with E-state index in [2.05, 4.69) is 5.32 Å². The van der Waals surface area contributed by atoms with Crippen LogP contribution in [0.5, 0.6) is 0 Å². The first kappa shape index (κ1) is 30.2. The van der Waals surface area contributed by atoms with Crippen molar-refractivity contribution in [3.63, 3.8) is 0 Å². The second-order valence-corrected chi connectivity index (χ2v) is 13.0. The van der Waals surface area contributed by atoms with Gasteiger partial charge in [-0.1, -0.05) is 66.2 Å². The van der Waals surface area contributed by atoms with Gasteiger partial charge in [0.25, 0.3) is 0 Å². The Kier molecular flexibility index (Phi) is 9.80. The highest BCUT2D eigenvalue weighted by atomic mass is 35.5. The number of carbonyl (C=O) groups excluding carboxylic acids is 2. The van der Waals surface area contributed by atoms with Crippen LogP contribution in [0.4, 0.5) is 5.69 Å². The third kappa shape index (κ3) is 9.11. The summed E-state index contributed by atoms with van der Waals surface area (Å²) in [6.07, 6.45) is 1.32. The number of aryl methyl sites for hydroxylation is 1. The number of hydrogen-bond donors (Lipinski definition) is 1. The van der Waals surface area contributed by atoms with Crippen molar-refractivity contribution < 1.29 is 18.0 Å². The van der Waals surface area contributed by atoms with E-state index in [1.807, 2.05) is 70.2 Å². The second kappa shape index (κ2) is 12.7. The van der Waals surface area contributed by atoms with Crippen LogP contribution < -0.4 is 9.62 Å². The van der Waals surface area contributed by atoms with Crippen molar-refractivity contribution in [1.29, 1.82) is 0 Å². The third-order valence-corrected chi connectivity index (χ3v) is 7.36. The number of hydrogen-bond acceptors (Lipinski definition) is 4. The van der Waals surface area contributed by atoms with Gasteiger partial charge in [0.15, 0.2) is 0 Å². The minimum Gasteiger partial charge on any atom is -0.350 e. The van der Waals surface area contributed by atoms with Gasteiger partial charge in [0.1, 0.15) is 12.6 Å². The zero-order chi connectivity index (χ0) is 28.8. The van der Waals surface area contributed by atoms with Crippen LogP contribution in [-0.4, -0.2) is 49.5 Å². The molecule has 0 saturated heterocycles. The fourth-order valence-corrected chi connectivity index (χ4v) is 5.29. The Hall–Kier alpha value is -3.36. The van der Waals surface area contributed by atoms with Crippen LogP contribution in [0.25, 0.3) is 0 Å². The Balaban J connectivity index is 2.08. The highest BCUT2D eigenvalue weighted by Crippen LogP contribution is 2.22. The van der Waals surface area contributed by atoms with Gasteiger partial charge in [-0.05, 0) is 68.7 Å². The SMILES string of the molecule is Cc1cccc(N(CC(=O)N(Cc2cccc(Cl)c2)C(Cc2ccccc2)C(=O)NC(C)(C)C)S(C)(=O)=O)c1. The van der Waals surface area contributed by atoms with Gasteiger partial charge < -0.3 is 10.2 Å². The molecule has 208 valence electrons. The van der Waals surface area contributed by atoms with Gasteiger partial charge in [0.2, 0.25) is 21.8 Å². The van der Waals surface area contributed by atoms with Crippen LogP contribution in [0.15, 0.2) is 78.9 Å². The van der Waals surface area contributed by atoms with Gasteiger partial charge in [0.05, 0.1) is 11.9 Å². The number of sulfonamides is 1. The van der Waals surface area contributed by atoms with Crippen molar-refractivity contribution in [2.45, 2.75) is 52.2 Å². The number of anilines is 1. The molecule has 3 aromatic rings. The van der Waals surface area contributed by atoms with Crippen LogP contribution in [0, 0.1) is 6.92 Å². The van der Waals surface area contributed by atoms with Crippen molar-refractivity contribution in [2.24, 2.45) is 0 Å². The third-order valence-electron chi connectivity index (χ3n) is 5.98. The number of carbonyl (C=O) groups is 2. The van der Waals surface area contributed by atoms with E-state index in [4.69, 9.17) is 11.6 Å². The quantitative estimate of drug-likeness (QED) is 0.373. The first-order chi connectivity index (χ1) is 18.2. The number of nitrogens with zero attached hydrogens (tertiary/aromatic N) is 2. The zero-order valence-corrected chi connectivity index (χ0v) is 24.6. The molecule has 1 unspecified atom stereocenters. The molecule has 0 heterocycles. The highest BCUT2D eigenvalue weighted by Gasteiger charge is 2.34. The van der Waals surface area contributed by atoms with E-state index in [0.717, 1.165) is 27.3 Å². The van der Waals surface area contributed by atoms with Crippen LogP contribution in [0.3, 0.4) is 0 Å². The lowest BCUT2D eigenvalue weighted by atomic mass is 10.0. The van der Waals surface area contributed by atoms with Crippen molar-refractivity contribution in [3.8, 4) is 0 Å². The molecule has 39 heavy (non-hydrogen) atoms. The summed E-state index contributed by atoms with van der Waals surface area (Å²) in [4.78, 5) is 29.2. The molecule has 1 N–H and O–H groups in total. The molecular weight excluding hydrogens is 534 g/mol. The largest absolute Gasteiger partial charge is 0.350 e. The molecule has 0 fully saturated rings. The maximum absolute atomic E-state index is 14.1. The Bertz CT molecular complexity index is 1400. The van der Waals surface area contributed by atoms with Gasteiger partial charge in [-0.3, -0.25) is 13.9 Å². The van der Waals surface area contributed by atoms with Crippen LogP contribution in [0.1, 0.15) is 37.5 Å². The number of amides is 2. The molecule has 0 spiro atoms. The van der Waals surface area contributed by atoms with Crippen molar-refractivity contribution >= 4 is 39.1 Å². The summed E-state index contributed by atoms with van der Waals surface area (Å²) in [6.45, 7) is 7.07. The number of nitrogens with one attached hydrogen (secondary N) is 1. The van der Waals surface area contributed by atoms with Gasteiger partial charge in [-0.2, -0.15) is 0 Å². The molecule has 0 saturated carbocycles. The number of benzene rings is 3. The van der Waals surface area contributed by atoms with Gasteiger partial charge in [0, 0.05) is 23.5 Å². The molecular formula is C30H36ClN3O4S. The number of rotatable bonds is 10. The van der Waals surface area contributed by atoms with E-state index in [-0.39, 0.29) is 18.9 Å². The molecule has 7 nitrogen and oxygen atoms in total. The van der Waals surface area contributed by atoms with E-state index in [9.17, 15) is 18.0 Å². The molecule has 1 atom stereocenters. The fraction of sp³-hybridized carbons (Fsp3) is 0.333. The average Bonchev–Trinajstić information content (AvgIpc) is 2.83. The summed E-state index contributed by atoms with van der Waals surface area (Å²) in [7, 11) is -3.81. The molecule has 3 aromatic carbocycles.